The second kappa shape index (κ2) is 25.3. The summed E-state index contributed by atoms with van der Waals surface area (Å²) in [6.45, 7) is -11.7. The van der Waals surface area contributed by atoms with Gasteiger partial charge in [-0.2, -0.15) is 8.62 Å². The minimum Gasteiger partial charge on any atom is -0.387 e. The molecule has 6 rings (SSSR count). The zero-order valence-corrected chi connectivity index (χ0v) is 49.4. The molecule has 0 saturated carbocycles. The molecule has 0 aliphatic carbocycles. The molecule has 2 aliphatic heterocycles. The standard InChI is InChI=1S/C24H36N10O17P4S4.4Na/c1-25-17-11-19(31-23(29-17)58-3)33(7-27-11)21-15(37)13(35)9(47-21)5-45-54(43,56)50-52(39,40)49-53(41,42)51-55(44,57)46-6-10-14(36)16(38)22(48-10)34-8-28-12-18(26-2)30-24(59-4)32-20(12)34;;;;/h7-10,13-16,21-22,35-38H,5-6H2,1-4H3,(H,39,40)(H,41,42)(H,43,56)(H,44,57)(H,25,29,31)(H,26,30,32);;;;/q;4*+1/t9-,10-,13-,14-,15-,16-,21-,22-,54?,55?;;;;/m1..../s1. The monoisotopic (exact) mass is 1080 g/mol. The summed E-state index contributed by atoms with van der Waals surface area (Å²) in [5.41, 5.74) is 1.09. The van der Waals surface area contributed by atoms with Crippen LogP contribution in [0.3, 0.4) is 0 Å². The van der Waals surface area contributed by atoms with Crippen LogP contribution in [0, 0.1) is 0 Å². The van der Waals surface area contributed by atoms with Gasteiger partial charge in [-0.25, -0.2) is 47.9 Å². The Morgan fingerprint density at radius 2 is 1.10 bits per heavy atom. The summed E-state index contributed by atoms with van der Waals surface area (Å²) in [5.74, 6) is 0.749. The summed E-state index contributed by atoms with van der Waals surface area (Å²) in [7, 11) is -8.63. The zero-order valence-electron chi connectivity index (χ0n) is 34.4. The van der Waals surface area contributed by atoms with Gasteiger partial charge in [-0.15, -0.1) is 0 Å². The van der Waals surface area contributed by atoms with Crippen molar-refractivity contribution in [2.24, 2.45) is 0 Å². The van der Waals surface area contributed by atoms with Gasteiger partial charge in [0.15, 0.2) is 56.7 Å². The number of fused-ring (bicyclic) bond motifs is 2. The third kappa shape index (κ3) is 14.8. The summed E-state index contributed by atoms with van der Waals surface area (Å²) in [5, 5.41) is 49.4. The van der Waals surface area contributed by atoms with Crippen LogP contribution in [-0.4, -0.2) is 151 Å². The second-order valence-corrected chi connectivity index (χ2v) is 22.7. The van der Waals surface area contributed by atoms with Crippen LogP contribution >= 0.6 is 64.9 Å². The Bertz CT molecular complexity index is 2250. The number of aliphatic hydroxyl groups excluding tert-OH is 4. The molecule has 4 unspecified atom stereocenters. The average molecular weight is 1080 g/mol. The van der Waals surface area contributed by atoms with Crippen molar-refractivity contribution in [3.8, 4) is 0 Å². The first kappa shape index (κ1) is 61.6. The van der Waals surface area contributed by atoms with Gasteiger partial charge in [-0.3, -0.25) is 13.7 Å². The molecule has 63 heavy (non-hydrogen) atoms. The second-order valence-electron chi connectivity index (χ2n) is 12.1. The summed E-state index contributed by atoms with van der Waals surface area (Å²) >= 11 is 10.7. The molecule has 12 atom stereocenters. The van der Waals surface area contributed by atoms with E-state index < -0.39 is 91.5 Å². The first-order valence-corrected chi connectivity index (χ1v) is 27.0. The number of thioether (sulfide) groups is 2. The van der Waals surface area contributed by atoms with Gasteiger partial charge in [-0.1, -0.05) is 35.8 Å². The van der Waals surface area contributed by atoms with Crippen molar-refractivity contribution in [2.75, 3.05) is 50.5 Å². The van der Waals surface area contributed by atoms with Crippen molar-refractivity contribution < 1.29 is 198 Å². The van der Waals surface area contributed by atoms with E-state index in [0.717, 1.165) is 0 Å². The molecule has 0 aromatic carbocycles. The fourth-order valence-corrected chi connectivity index (χ4v) is 13.3. The number of phosphoric acid groups is 2. The zero-order chi connectivity index (χ0) is 43.2. The number of thiol groups is 1. The number of imidazole rings is 2. The van der Waals surface area contributed by atoms with Crippen molar-refractivity contribution in [1.82, 2.24) is 39.0 Å². The fourth-order valence-electron chi connectivity index (χ4n) is 5.69. The Balaban J connectivity index is 0.00000341. The SMILES string of the molecule is CNc1nc(SC)nc2c1ncn2[C@@H]1O[C@H](COP(=O)(S)OP(=O)(O)OP(=O)(O)OP(O)(=S)OC[C@H]2O[C@@H](n3cnc4c(NC)nc(SC)nc43)[C@H](O)[C@@H]2O)[C@@H](O)[C@H]1O.[Na+].[Na+].[Na+].[Na+]. The van der Waals surface area contributed by atoms with E-state index in [1.54, 1.807) is 26.6 Å². The molecule has 2 fully saturated rings. The maximum atomic E-state index is 12.9. The molecule has 6 heterocycles. The Labute approximate surface area is 464 Å². The topological polar surface area (TPSA) is 369 Å². The van der Waals surface area contributed by atoms with Gasteiger partial charge in [0.05, 0.1) is 25.9 Å². The van der Waals surface area contributed by atoms with Crippen molar-refractivity contribution >= 4 is 111 Å². The van der Waals surface area contributed by atoms with Crippen molar-refractivity contribution in [3.05, 3.63) is 12.7 Å². The van der Waals surface area contributed by atoms with Gasteiger partial charge in [0.1, 0.15) is 36.6 Å². The van der Waals surface area contributed by atoms with Gasteiger partial charge < -0.3 is 59.7 Å². The first-order valence-electron chi connectivity index (χ1n) is 16.3. The summed E-state index contributed by atoms with van der Waals surface area (Å²) in [4.78, 5) is 56.6. The molecule has 27 nitrogen and oxygen atoms in total. The number of nitrogens with zero attached hydrogens (tertiary/aromatic N) is 8. The molecule has 39 heteroatoms. The van der Waals surface area contributed by atoms with Crippen molar-refractivity contribution in [3.63, 3.8) is 0 Å². The van der Waals surface area contributed by atoms with Crippen LogP contribution in [0.5, 0.6) is 0 Å². The minimum absolute atomic E-state index is 0. The van der Waals surface area contributed by atoms with E-state index in [9.17, 15) is 48.8 Å². The van der Waals surface area contributed by atoms with Crippen molar-refractivity contribution in [2.45, 2.75) is 59.4 Å². The van der Waals surface area contributed by atoms with Crippen LogP contribution < -0.4 is 129 Å². The van der Waals surface area contributed by atoms with Crippen molar-refractivity contribution in [1.29, 1.82) is 0 Å². The van der Waals surface area contributed by atoms with Gasteiger partial charge >= 0.3 is 147 Å². The molecule has 4 aromatic rings. The minimum atomic E-state index is -5.94. The number of hydrogen-bond acceptors (Lipinski definition) is 25. The average Bonchev–Trinajstić information content (AvgIpc) is 3.91. The number of nitrogens with one attached hydrogen (secondary N) is 2. The summed E-state index contributed by atoms with van der Waals surface area (Å²) in [6, 6.07) is 0. The molecule has 0 spiro atoms. The van der Waals surface area contributed by atoms with Crippen LogP contribution in [-0.2, 0) is 57.0 Å². The molecule has 0 bridgehead atoms. The molecule has 2 aliphatic rings. The Morgan fingerprint density at radius 3 is 1.49 bits per heavy atom. The Hall–Kier alpha value is 2.53. The molecule has 328 valence electrons. The largest absolute Gasteiger partial charge is 1.00 e. The third-order valence-electron chi connectivity index (χ3n) is 8.29. The quantitative estimate of drug-likeness (QED) is 0.0145. The van der Waals surface area contributed by atoms with E-state index in [-0.39, 0.29) is 130 Å². The van der Waals surface area contributed by atoms with E-state index in [1.807, 2.05) is 0 Å². The Kier molecular flexibility index (Phi) is 24.7. The van der Waals surface area contributed by atoms with Gasteiger partial charge in [0.2, 0.25) is 0 Å². The van der Waals surface area contributed by atoms with E-state index in [2.05, 4.69) is 65.7 Å². The molecule has 0 radical (unpaired) electrons. The number of aliphatic hydroxyl groups is 4. The van der Waals surface area contributed by atoms with E-state index in [0.29, 0.717) is 33.0 Å². The summed E-state index contributed by atoms with van der Waals surface area (Å²) < 4.78 is 75.1. The molecule has 2 saturated heterocycles. The fraction of sp³-hybridized carbons (Fsp3) is 0.583. The first-order chi connectivity index (χ1) is 27.6. The van der Waals surface area contributed by atoms with Gasteiger partial charge in [-0.05, 0) is 24.3 Å². The maximum Gasteiger partial charge on any atom is 1.00 e. The number of rotatable bonds is 18. The predicted octanol–water partition coefficient (Wildman–Crippen LogP) is -11.0. The molecule has 4 aromatic heterocycles. The van der Waals surface area contributed by atoms with Crippen LogP contribution in [0.1, 0.15) is 12.5 Å². The molecular formula is C24H36N10Na4O17P4S4+4. The van der Waals surface area contributed by atoms with Crippen LogP contribution in [0.4, 0.5) is 11.6 Å². The number of anilines is 2. The van der Waals surface area contributed by atoms with Crippen LogP contribution in [0.15, 0.2) is 23.0 Å². The van der Waals surface area contributed by atoms with Crippen LogP contribution in [0.25, 0.3) is 22.3 Å². The molecule has 9 N–H and O–H groups in total. The molecular weight excluding hydrogens is 1040 g/mol. The normalized spacial score (nSPS) is 27.1. The maximum absolute atomic E-state index is 12.9. The van der Waals surface area contributed by atoms with Crippen LogP contribution in [0.2, 0.25) is 0 Å². The van der Waals surface area contributed by atoms with E-state index in [4.69, 9.17) is 30.3 Å². The number of ether oxygens (including phenoxy) is 2. The third-order valence-corrected chi connectivity index (χ3v) is 17.2. The number of aromatic nitrogens is 8. The van der Waals surface area contributed by atoms with Gasteiger partial charge in [0.25, 0.3) is 0 Å². The predicted molar refractivity (Wildman–Crippen MR) is 213 cm³/mol. The summed E-state index contributed by atoms with van der Waals surface area (Å²) in [6.07, 6.45) is -6.11. The molecule has 0 amide bonds. The van der Waals surface area contributed by atoms with E-state index in [1.165, 1.54) is 45.3 Å². The number of hydrogen-bond donors (Lipinski definition) is 10. The van der Waals surface area contributed by atoms with E-state index >= 15 is 0 Å². The Morgan fingerprint density at radius 1 is 0.698 bits per heavy atom. The smallest absolute Gasteiger partial charge is 0.387 e. The van der Waals surface area contributed by atoms with Gasteiger partial charge in [0, 0.05) is 14.1 Å².